The van der Waals surface area contributed by atoms with Gasteiger partial charge in [0.05, 0.1) is 18.6 Å². The highest BCUT2D eigenvalue weighted by Crippen LogP contribution is 2.34. The molecule has 0 spiro atoms. The molecule has 0 bridgehead atoms. The van der Waals surface area contributed by atoms with Gasteiger partial charge in [0, 0.05) is 24.3 Å². The lowest BCUT2D eigenvalue weighted by Crippen LogP contribution is -2.17. The molecule has 2 aromatic rings. The van der Waals surface area contributed by atoms with Gasteiger partial charge in [-0.1, -0.05) is 23.8 Å². The van der Waals surface area contributed by atoms with Gasteiger partial charge in [-0.25, -0.2) is 4.39 Å². The zero-order valence-corrected chi connectivity index (χ0v) is 14.6. The summed E-state index contributed by atoms with van der Waals surface area (Å²) >= 11 is 1.22. The zero-order valence-electron chi connectivity index (χ0n) is 13.8. The van der Waals surface area contributed by atoms with E-state index in [0.717, 1.165) is 6.42 Å². The molecule has 2 heterocycles. The monoisotopic (exact) mass is 372 g/mol. The molecule has 1 atom stereocenters. The average Bonchev–Trinajstić information content (AvgIpc) is 3.24. The first kappa shape index (κ1) is 18.1. The predicted octanol–water partition coefficient (Wildman–Crippen LogP) is 3.62. The first-order valence-electron chi connectivity index (χ1n) is 7.92. The van der Waals surface area contributed by atoms with Crippen LogP contribution in [-0.4, -0.2) is 35.3 Å². The summed E-state index contributed by atoms with van der Waals surface area (Å²) in [5.74, 6) is -1.91. The molecular weight excluding hydrogens is 354 g/mol. The Hall–Kier alpha value is -1.71. The second-order valence-electron chi connectivity index (χ2n) is 5.60. The van der Waals surface area contributed by atoms with Gasteiger partial charge in [0.1, 0.15) is 0 Å². The number of thioether (sulfide) groups is 1. The van der Waals surface area contributed by atoms with E-state index in [1.165, 1.54) is 24.8 Å². The van der Waals surface area contributed by atoms with Crippen molar-refractivity contribution >= 4 is 33.7 Å². The van der Waals surface area contributed by atoms with E-state index in [-0.39, 0.29) is 27.3 Å². The van der Waals surface area contributed by atoms with Crippen molar-refractivity contribution in [3.8, 4) is 0 Å². The third-order valence-electron chi connectivity index (χ3n) is 3.83. The largest absolute Gasteiger partial charge is 0.366 e. The van der Waals surface area contributed by atoms with Gasteiger partial charge in [0.25, 0.3) is 0 Å². The van der Waals surface area contributed by atoms with Crippen LogP contribution in [0.25, 0.3) is 11.0 Å². The molecule has 0 saturated carbocycles. The zero-order chi connectivity index (χ0) is 18.0. The second-order valence-corrected chi connectivity index (χ2v) is 7.07. The molecule has 1 fully saturated rings. The molecule has 1 aliphatic heterocycles. The van der Waals surface area contributed by atoms with E-state index in [9.17, 15) is 13.6 Å². The van der Waals surface area contributed by atoms with Gasteiger partial charge in [-0.3, -0.25) is 4.79 Å². The van der Waals surface area contributed by atoms with Crippen molar-refractivity contribution in [3.05, 3.63) is 23.3 Å². The van der Waals surface area contributed by atoms with Crippen molar-refractivity contribution in [2.75, 3.05) is 25.1 Å². The lowest BCUT2D eigenvalue weighted by Gasteiger charge is -2.13. The minimum Gasteiger partial charge on any atom is -0.366 e. The highest BCUT2D eigenvalue weighted by atomic mass is 32.2. The Morgan fingerprint density at radius 2 is 2.12 bits per heavy atom. The Labute approximate surface area is 147 Å². The van der Waals surface area contributed by atoms with Gasteiger partial charge in [-0.15, -0.1) is 0 Å². The first-order chi connectivity index (χ1) is 12.0. The summed E-state index contributed by atoms with van der Waals surface area (Å²) in [5.41, 5.74) is -0.298. The molecule has 1 saturated heterocycles. The molecule has 1 aromatic heterocycles. The van der Waals surface area contributed by atoms with Crippen LogP contribution in [0, 0.1) is 11.6 Å². The molecule has 1 N–H and O–H groups in total. The van der Waals surface area contributed by atoms with Crippen molar-refractivity contribution in [1.29, 1.82) is 0 Å². The third-order valence-corrected chi connectivity index (χ3v) is 5.00. The average molecular weight is 372 g/mol. The number of hydrogen-bond donors (Lipinski definition) is 1. The van der Waals surface area contributed by atoms with Crippen LogP contribution in [0.5, 0.6) is 0 Å². The Morgan fingerprint density at radius 3 is 2.76 bits per heavy atom. The number of halogens is 2. The number of carbonyl (C=O) groups excluding carboxylic acids is 1. The maximum absolute atomic E-state index is 14.3. The van der Waals surface area contributed by atoms with E-state index in [2.05, 4.69) is 10.5 Å². The summed E-state index contributed by atoms with van der Waals surface area (Å²) in [6.45, 7) is 4.54. The van der Waals surface area contributed by atoms with Crippen LogP contribution < -0.4 is 5.32 Å². The molecule has 3 rings (SSSR count). The predicted molar refractivity (Wildman–Crippen MR) is 89.4 cm³/mol. The molecule has 1 aromatic carbocycles. The van der Waals surface area contributed by atoms with E-state index >= 15 is 0 Å². The maximum atomic E-state index is 14.3. The molecule has 136 valence electrons. The van der Waals surface area contributed by atoms with Crippen molar-refractivity contribution in [1.82, 2.24) is 5.16 Å². The molecule has 6 nitrogen and oxygen atoms in total. The number of hydrogen-bond acceptors (Lipinski definition) is 7. The fraction of sp³-hybridized carbons (Fsp3) is 0.500. The second kappa shape index (κ2) is 7.67. The van der Waals surface area contributed by atoms with Gasteiger partial charge in [-0.05, 0) is 12.5 Å². The lowest BCUT2D eigenvalue weighted by atomic mass is 10.1. The quantitative estimate of drug-likeness (QED) is 0.830. The third kappa shape index (κ3) is 3.78. The minimum absolute atomic E-state index is 0.0181. The normalized spacial score (nSPS) is 16.5. The summed E-state index contributed by atoms with van der Waals surface area (Å²) in [4.78, 5) is 11.2. The number of anilines is 1. The number of fused-ring (bicyclic) bond motifs is 1. The molecule has 1 unspecified atom stereocenters. The Kier molecular flexibility index (Phi) is 5.55. The first-order valence-corrected chi connectivity index (χ1v) is 8.80. The SMILES string of the molecule is CCC(CNc1noc2c(F)c(F)c(C3OCCO3)cc12)SC(C)=O. The summed E-state index contributed by atoms with van der Waals surface area (Å²) < 4.78 is 43.9. The van der Waals surface area contributed by atoms with E-state index in [1.807, 2.05) is 6.92 Å². The van der Waals surface area contributed by atoms with Gasteiger partial charge in [-0.2, -0.15) is 4.39 Å². The molecule has 0 amide bonds. The standard InChI is InChI=1S/C16H18F2N2O4S/c1-3-9(25-8(2)21)7-19-15-11-6-10(16-22-4-5-23-16)12(17)13(18)14(11)24-20-15/h6,9,16H,3-5,7H2,1-2H3,(H,19,20). The van der Waals surface area contributed by atoms with Crippen molar-refractivity contribution in [2.45, 2.75) is 31.8 Å². The highest BCUT2D eigenvalue weighted by Gasteiger charge is 2.28. The van der Waals surface area contributed by atoms with Gasteiger partial charge >= 0.3 is 0 Å². The molecule has 25 heavy (non-hydrogen) atoms. The molecule has 0 aliphatic carbocycles. The topological polar surface area (TPSA) is 73.6 Å². The molecular formula is C16H18F2N2O4S. The summed E-state index contributed by atoms with van der Waals surface area (Å²) in [7, 11) is 0. The molecule has 9 heteroatoms. The summed E-state index contributed by atoms with van der Waals surface area (Å²) in [6.07, 6.45) is -0.177. The number of nitrogens with one attached hydrogen (secondary N) is 1. The summed E-state index contributed by atoms with van der Waals surface area (Å²) in [6, 6.07) is 1.42. The van der Waals surface area contributed by atoms with Crippen LogP contribution in [0.4, 0.5) is 14.6 Å². The van der Waals surface area contributed by atoms with Crippen LogP contribution in [0.3, 0.4) is 0 Å². The van der Waals surface area contributed by atoms with E-state index in [1.54, 1.807) is 0 Å². The number of carbonyl (C=O) groups is 1. The van der Waals surface area contributed by atoms with Crippen LogP contribution >= 0.6 is 11.8 Å². The number of aromatic nitrogens is 1. The van der Waals surface area contributed by atoms with Crippen LogP contribution in [0.15, 0.2) is 10.6 Å². The van der Waals surface area contributed by atoms with Crippen LogP contribution in [0.1, 0.15) is 32.1 Å². The van der Waals surface area contributed by atoms with Crippen LogP contribution in [0.2, 0.25) is 0 Å². The molecule has 0 radical (unpaired) electrons. The molecule has 1 aliphatic rings. The smallest absolute Gasteiger partial charge is 0.207 e. The van der Waals surface area contributed by atoms with Crippen molar-refractivity contribution < 1.29 is 27.6 Å². The summed E-state index contributed by atoms with van der Waals surface area (Å²) in [5, 5.41) is 7.18. The van der Waals surface area contributed by atoms with E-state index in [0.29, 0.717) is 25.1 Å². The van der Waals surface area contributed by atoms with Crippen LogP contribution in [-0.2, 0) is 14.3 Å². The number of ether oxygens (including phenoxy) is 2. The number of benzene rings is 1. The fourth-order valence-corrected chi connectivity index (χ4v) is 3.39. The Morgan fingerprint density at radius 1 is 1.40 bits per heavy atom. The van der Waals surface area contributed by atoms with E-state index < -0.39 is 17.9 Å². The minimum atomic E-state index is -1.13. The van der Waals surface area contributed by atoms with Gasteiger partial charge in [0.2, 0.25) is 11.4 Å². The van der Waals surface area contributed by atoms with Crippen molar-refractivity contribution in [3.63, 3.8) is 0 Å². The van der Waals surface area contributed by atoms with E-state index in [4.69, 9.17) is 14.0 Å². The fourth-order valence-electron chi connectivity index (χ4n) is 2.59. The maximum Gasteiger partial charge on any atom is 0.207 e. The van der Waals surface area contributed by atoms with Gasteiger partial charge in [0.15, 0.2) is 23.0 Å². The number of nitrogens with zero attached hydrogens (tertiary/aromatic N) is 1. The number of rotatable bonds is 6. The Balaban J connectivity index is 1.87. The van der Waals surface area contributed by atoms with Crippen molar-refractivity contribution in [2.24, 2.45) is 0 Å². The Bertz CT molecular complexity index is 777. The van der Waals surface area contributed by atoms with Gasteiger partial charge < -0.3 is 19.3 Å². The lowest BCUT2D eigenvalue weighted by molar-refractivity contribution is -0.109. The highest BCUT2D eigenvalue weighted by molar-refractivity contribution is 8.14.